The molecule has 0 atom stereocenters. The third kappa shape index (κ3) is 3.69. The quantitative estimate of drug-likeness (QED) is 0.817. The van der Waals surface area contributed by atoms with Crippen LogP contribution in [0.3, 0.4) is 0 Å². The molecule has 0 aromatic heterocycles. The van der Waals surface area contributed by atoms with Crippen LogP contribution in [-0.2, 0) is 6.42 Å². The first-order chi connectivity index (χ1) is 6.20. The zero-order chi connectivity index (χ0) is 9.73. The fourth-order valence-electron chi connectivity index (χ4n) is 1.50. The molecule has 2 N–H and O–H groups in total. The largest absolute Gasteiger partial charge is 0.325 e. The molecule has 0 saturated heterocycles. The number of nitrogens with two attached hydrogens (primary N) is 1. The molecule has 1 aromatic rings. The van der Waals surface area contributed by atoms with Gasteiger partial charge in [0.2, 0.25) is 0 Å². The predicted octanol–water partition coefficient (Wildman–Crippen LogP) is 3.17. The highest BCUT2D eigenvalue weighted by atomic mass is 35.5. The highest BCUT2D eigenvalue weighted by molar-refractivity contribution is 5.85. The Morgan fingerprint density at radius 3 is 2.00 bits per heavy atom. The first-order valence-electron chi connectivity index (χ1n) is 5.03. The van der Waals surface area contributed by atoms with Gasteiger partial charge in [0.05, 0.1) is 0 Å². The highest BCUT2D eigenvalue weighted by Crippen LogP contribution is 2.17. The molecule has 0 aliphatic carbocycles. The molecule has 0 radical (unpaired) electrons. The van der Waals surface area contributed by atoms with Crippen molar-refractivity contribution in [2.75, 3.05) is 0 Å². The van der Waals surface area contributed by atoms with Gasteiger partial charge < -0.3 is 5.73 Å². The summed E-state index contributed by atoms with van der Waals surface area (Å²) in [6.07, 6.45) is 3.07. The van der Waals surface area contributed by atoms with Gasteiger partial charge in [-0.05, 0) is 24.8 Å². The zero-order valence-electron chi connectivity index (χ0n) is 8.99. The van der Waals surface area contributed by atoms with Crippen molar-refractivity contribution in [1.82, 2.24) is 0 Å². The monoisotopic (exact) mass is 213 g/mol. The van der Waals surface area contributed by atoms with Crippen LogP contribution >= 0.6 is 12.4 Å². The molecule has 80 valence electrons. The van der Waals surface area contributed by atoms with E-state index in [0.717, 1.165) is 19.3 Å². The summed E-state index contributed by atoms with van der Waals surface area (Å²) in [5.41, 5.74) is 7.56. The summed E-state index contributed by atoms with van der Waals surface area (Å²) in [6, 6.07) is 10.5. The van der Waals surface area contributed by atoms with Crippen LogP contribution in [0.1, 0.15) is 32.3 Å². The molecule has 0 fully saturated rings. The maximum Gasteiger partial charge on any atom is 0.0189 e. The van der Waals surface area contributed by atoms with E-state index in [1.807, 2.05) is 6.07 Å². The molecule has 0 amide bonds. The molecule has 0 saturated carbocycles. The smallest absolute Gasteiger partial charge is 0.0189 e. The summed E-state index contributed by atoms with van der Waals surface area (Å²) < 4.78 is 0. The molecule has 0 unspecified atom stereocenters. The van der Waals surface area contributed by atoms with E-state index in [4.69, 9.17) is 5.73 Å². The fraction of sp³-hybridized carbons (Fsp3) is 0.500. The lowest BCUT2D eigenvalue weighted by atomic mass is 9.87. The minimum Gasteiger partial charge on any atom is -0.325 e. The van der Waals surface area contributed by atoms with Gasteiger partial charge >= 0.3 is 0 Å². The van der Waals surface area contributed by atoms with Gasteiger partial charge in [-0.2, -0.15) is 0 Å². The second-order valence-electron chi connectivity index (χ2n) is 3.73. The molecule has 0 bridgehead atoms. The number of benzene rings is 1. The summed E-state index contributed by atoms with van der Waals surface area (Å²) in [5.74, 6) is 0. The van der Waals surface area contributed by atoms with Crippen molar-refractivity contribution < 1.29 is 0 Å². The van der Waals surface area contributed by atoms with Crippen LogP contribution in [0.5, 0.6) is 0 Å². The Morgan fingerprint density at radius 2 is 1.57 bits per heavy atom. The molecular weight excluding hydrogens is 194 g/mol. The van der Waals surface area contributed by atoms with E-state index in [2.05, 4.69) is 38.1 Å². The minimum absolute atomic E-state index is 0. The second kappa shape index (κ2) is 6.05. The van der Waals surface area contributed by atoms with Crippen molar-refractivity contribution in [2.24, 2.45) is 5.73 Å². The molecule has 0 spiro atoms. The fourth-order valence-corrected chi connectivity index (χ4v) is 1.50. The average molecular weight is 214 g/mol. The van der Waals surface area contributed by atoms with E-state index < -0.39 is 0 Å². The van der Waals surface area contributed by atoms with Crippen molar-refractivity contribution in [3.05, 3.63) is 35.9 Å². The van der Waals surface area contributed by atoms with Crippen molar-refractivity contribution >= 4 is 12.4 Å². The van der Waals surface area contributed by atoms with Crippen molar-refractivity contribution in [2.45, 2.75) is 38.6 Å². The molecule has 14 heavy (non-hydrogen) atoms. The first-order valence-corrected chi connectivity index (χ1v) is 5.03. The Bertz CT molecular complexity index is 242. The SMILES string of the molecule is CCC(N)(CC)Cc1ccccc1.Cl. The number of rotatable bonds is 4. The van der Waals surface area contributed by atoms with E-state index in [1.54, 1.807) is 0 Å². The van der Waals surface area contributed by atoms with Gasteiger partial charge in [0.25, 0.3) is 0 Å². The van der Waals surface area contributed by atoms with Crippen LogP contribution in [0.15, 0.2) is 30.3 Å². The van der Waals surface area contributed by atoms with Crippen LogP contribution < -0.4 is 5.73 Å². The van der Waals surface area contributed by atoms with Crippen molar-refractivity contribution in [3.8, 4) is 0 Å². The standard InChI is InChI=1S/C12H19N.ClH/c1-3-12(13,4-2)10-11-8-6-5-7-9-11;/h5-9H,3-4,10,13H2,1-2H3;1H. The van der Waals surface area contributed by atoms with E-state index in [-0.39, 0.29) is 17.9 Å². The number of hydrogen-bond donors (Lipinski definition) is 1. The van der Waals surface area contributed by atoms with Crippen LogP contribution in [0.25, 0.3) is 0 Å². The van der Waals surface area contributed by atoms with Crippen LogP contribution in [0.2, 0.25) is 0 Å². The normalized spacial score (nSPS) is 10.8. The number of halogens is 1. The molecule has 0 heterocycles. The maximum absolute atomic E-state index is 6.23. The van der Waals surface area contributed by atoms with Gasteiger partial charge in [-0.3, -0.25) is 0 Å². The minimum atomic E-state index is -0.0125. The second-order valence-corrected chi connectivity index (χ2v) is 3.73. The Morgan fingerprint density at radius 1 is 1.07 bits per heavy atom. The molecular formula is C12H20ClN. The van der Waals surface area contributed by atoms with E-state index in [9.17, 15) is 0 Å². The Kier molecular flexibility index (Phi) is 5.82. The Hall–Kier alpha value is -0.530. The molecule has 0 aliphatic rings. The maximum atomic E-state index is 6.23. The lowest BCUT2D eigenvalue weighted by molar-refractivity contribution is 0.393. The molecule has 0 aliphatic heterocycles. The summed E-state index contributed by atoms with van der Waals surface area (Å²) in [4.78, 5) is 0. The summed E-state index contributed by atoms with van der Waals surface area (Å²) >= 11 is 0. The molecule has 2 heteroatoms. The van der Waals surface area contributed by atoms with Gasteiger partial charge in [0.15, 0.2) is 0 Å². The molecule has 1 nitrogen and oxygen atoms in total. The van der Waals surface area contributed by atoms with Gasteiger partial charge in [-0.1, -0.05) is 44.2 Å². The van der Waals surface area contributed by atoms with Crippen LogP contribution in [0, 0.1) is 0 Å². The van der Waals surface area contributed by atoms with Gasteiger partial charge in [0.1, 0.15) is 0 Å². The third-order valence-corrected chi connectivity index (χ3v) is 2.81. The van der Waals surface area contributed by atoms with Crippen LogP contribution in [0.4, 0.5) is 0 Å². The molecule has 1 aromatic carbocycles. The summed E-state index contributed by atoms with van der Waals surface area (Å²) in [6.45, 7) is 4.32. The summed E-state index contributed by atoms with van der Waals surface area (Å²) in [5, 5.41) is 0. The zero-order valence-corrected chi connectivity index (χ0v) is 9.81. The number of hydrogen-bond acceptors (Lipinski definition) is 1. The van der Waals surface area contributed by atoms with E-state index in [1.165, 1.54) is 5.56 Å². The van der Waals surface area contributed by atoms with Crippen LogP contribution in [-0.4, -0.2) is 5.54 Å². The summed E-state index contributed by atoms with van der Waals surface area (Å²) in [7, 11) is 0. The highest BCUT2D eigenvalue weighted by Gasteiger charge is 2.19. The van der Waals surface area contributed by atoms with Gasteiger partial charge in [-0.15, -0.1) is 12.4 Å². The predicted molar refractivity (Wildman–Crippen MR) is 64.9 cm³/mol. The Balaban J connectivity index is 0.00000169. The van der Waals surface area contributed by atoms with Crippen molar-refractivity contribution in [3.63, 3.8) is 0 Å². The molecule has 1 rings (SSSR count). The van der Waals surface area contributed by atoms with E-state index in [0.29, 0.717) is 0 Å². The lowest BCUT2D eigenvalue weighted by Crippen LogP contribution is -2.40. The topological polar surface area (TPSA) is 26.0 Å². The first kappa shape index (κ1) is 13.5. The average Bonchev–Trinajstić information content (AvgIpc) is 2.19. The van der Waals surface area contributed by atoms with Crippen molar-refractivity contribution in [1.29, 1.82) is 0 Å². The van der Waals surface area contributed by atoms with E-state index >= 15 is 0 Å². The van der Waals surface area contributed by atoms with Gasteiger partial charge in [0, 0.05) is 5.54 Å². The lowest BCUT2D eigenvalue weighted by Gasteiger charge is -2.26. The van der Waals surface area contributed by atoms with Gasteiger partial charge in [-0.25, -0.2) is 0 Å². The third-order valence-electron chi connectivity index (χ3n) is 2.81. The Labute approximate surface area is 93.1 Å².